The van der Waals surface area contributed by atoms with Gasteiger partial charge in [0.05, 0.1) is 4.88 Å². The zero-order valence-corrected chi connectivity index (χ0v) is 13.2. The summed E-state index contributed by atoms with van der Waals surface area (Å²) in [6.45, 7) is 2.62. The van der Waals surface area contributed by atoms with E-state index >= 15 is 0 Å². The van der Waals surface area contributed by atoms with E-state index in [-0.39, 0.29) is 18.4 Å². The van der Waals surface area contributed by atoms with Gasteiger partial charge < -0.3 is 15.0 Å². The average Bonchev–Trinajstić information content (AvgIpc) is 3.07. The number of hydrogen-bond donors (Lipinski definition) is 2. The molecule has 1 atom stereocenters. The normalized spacial score (nSPS) is 17.9. The highest BCUT2D eigenvalue weighted by atomic mass is 32.1. The van der Waals surface area contributed by atoms with Crippen LogP contribution in [0.5, 0.6) is 0 Å². The lowest BCUT2D eigenvalue weighted by molar-refractivity contribution is -0.124. The van der Waals surface area contributed by atoms with Crippen molar-refractivity contribution in [1.82, 2.24) is 14.9 Å². The van der Waals surface area contributed by atoms with Crippen molar-refractivity contribution in [2.24, 2.45) is 0 Å². The van der Waals surface area contributed by atoms with Gasteiger partial charge in [-0.05, 0) is 38.3 Å². The number of hydrogen-bond acceptors (Lipinski definition) is 4. The van der Waals surface area contributed by atoms with E-state index in [0.29, 0.717) is 0 Å². The molecule has 1 aliphatic rings. The second-order valence-electron chi connectivity index (χ2n) is 4.98. The van der Waals surface area contributed by atoms with Crippen LogP contribution in [-0.2, 0) is 9.59 Å². The Morgan fingerprint density at radius 2 is 2.23 bits per heavy atom. The predicted octanol–water partition coefficient (Wildman–Crippen LogP) is 2.46. The maximum Gasteiger partial charge on any atom is 0.290 e. The van der Waals surface area contributed by atoms with Crippen LogP contribution in [-0.4, -0.2) is 33.6 Å². The topological polar surface area (TPSA) is 84.2 Å². The third-order valence-electron chi connectivity index (χ3n) is 3.47. The minimum absolute atomic E-state index is 0.116. The molecule has 0 aliphatic carbocycles. The molecule has 1 aliphatic heterocycles. The van der Waals surface area contributed by atoms with Gasteiger partial charge >= 0.3 is 0 Å². The third kappa shape index (κ3) is 3.73. The maximum atomic E-state index is 12.1. The number of rotatable bonds is 2. The fourth-order valence-electron chi connectivity index (χ4n) is 2.50. The van der Waals surface area contributed by atoms with Crippen LogP contribution in [0.4, 0.5) is 0 Å². The van der Waals surface area contributed by atoms with Crippen LogP contribution in [0, 0.1) is 6.92 Å². The Balaban J connectivity index is 0.000000545. The summed E-state index contributed by atoms with van der Waals surface area (Å²) < 4.78 is 2.02. The van der Waals surface area contributed by atoms with Gasteiger partial charge in [-0.15, -0.1) is 11.3 Å². The first-order valence-electron chi connectivity index (χ1n) is 7.12. The van der Waals surface area contributed by atoms with Crippen LogP contribution in [0.3, 0.4) is 0 Å². The molecule has 22 heavy (non-hydrogen) atoms. The summed E-state index contributed by atoms with van der Waals surface area (Å²) in [6.07, 6.45) is 6.72. The molecule has 0 radical (unpaired) electrons. The maximum absolute atomic E-state index is 12.1. The minimum Gasteiger partial charge on any atom is -0.483 e. The van der Waals surface area contributed by atoms with Gasteiger partial charge in [0.25, 0.3) is 6.47 Å². The number of amides is 1. The Labute approximate surface area is 132 Å². The van der Waals surface area contributed by atoms with E-state index in [9.17, 15) is 4.79 Å². The lowest BCUT2D eigenvalue weighted by atomic mass is 10.1. The number of imidazole rings is 1. The number of carbonyl (C=O) groups excluding carboxylic acids is 1. The first-order chi connectivity index (χ1) is 10.7. The molecule has 7 heteroatoms. The first-order valence-corrected chi connectivity index (χ1v) is 7.94. The third-order valence-corrected chi connectivity index (χ3v) is 4.47. The van der Waals surface area contributed by atoms with E-state index in [0.717, 1.165) is 36.5 Å². The molecular formula is C15H19N3O3S. The molecule has 3 rings (SSSR count). The molecule has 1 amide bonds. The van der Waals surface area contributed by atoms with E-state index in [1.54, 1.807) is 17.5 Å². The Morgan fingerprint density at radius 1 is 1.45 bits per heavy atom. The molecule has 0 saturated carbocycles. The van der Waals surface area contributed by atoms with Crippen molar-refractivity contribution in [2.75, 3.05) is 6.54 Å². The Hall–Kier alpha value is -2.15. The molecule has 2 N–H and O–H groups in total. The van der Waals surface area contributed by atoms with Crippen LogP contribution in [0.25, 0.3) is 10.7 Å². The summed E-state index contributed by atoms with van der Waals surface area (Å²) in [7, 11) is 0. The van der Waals surface area contributed by atoms with E-state index in [2.05, 4.69) is 29.4 Å². The summed E-state index contributed by atoms with van der Waals surface area (Å²) in [5.74, 6) is 1.02. The number of nitrogens with one attached hydrogen (secondary N) is 1. The van der Waals surface area contributed by atoms with Crippen LogP contribution >= 0.6 is 11.3 Å². The van der Waals surface area contributed by atoms with Crippen LogP contribution in [0.15, 0.2) is 24.5 Å². The van der Waals surface area contributed by atoms with Crippen molar-refractivity contribution in [3.05, 3.63) is 29.4 Å². The molecule has 0 spiro atoms. The van der Waals surface area contributed by atoms with Crippen LogP contribution in [0.1, 0.15) is 30.2 Å². The SMILES string of the molecule is Cc1ccc(-c2nccn2[C@@H]2CCCCNC2=O)s1.O=CO. The molecule has 1 fully saturated rings. The summed E-state index contributed by atoms with van der Waals surface area (Å²) in [5, 5.41) is 9.87. The monoisotopic (exact) mass is 321 g/mol. The van der Waals surface area contributed by atoms with Crippen molar-refractivity contribution in [3.63, 3.8) is 0 Å². The summed E-state index contributed by atoms with van der Waals surface area (Å²) in [4.78, 5) is 27.3. The van der Waals surface area contributed by atoms with Crippen molar-refractivity contribution in [3.8, 4) is 10.7 Å². The smallest absolute Gasteiger partial charge is 0.290 e. The summed E-state index contributed by atoms with van der Waals surface area (Å²) in [5.41, 5.74) is 0. The van der Waals surface area contributed by atoms with Crippen LogP contribution in [0.2, 0.25) is 0 Å². The fourth-order valence-corrected chi connectivity index (χ4v) is 3.37. The zero-order chi connectivity index (χ0) is 15.9. The highest BCUT2D eigenvalue weighted by Crippen LogP contribution is 2.30. The Morgan fingerprint density at radius 3 is 2.91 bits per heavy atom. The molecule has 0 aromatic carbocycles. The molecule has 118 valence electrons. The number of thiophene rings is 1. The van der Waals surface area contributed by atoms with Gasteiger partial charge in [-0.2, -0.15) is 0 Å². The van der Waals surface area contributed by atoms with Gasteiger partial charge in [-0.1, -0.05) is 0 Å². The lowest BCUT2D eigenvalue weighted by Gasteiger charge is -2.17. The number of carboxylic acid groups (broad SMARTS) is 1. The molecule has 2 aromatic rings. The minimum atomic E-state index is -0.250. The quantitative estimate of drug-likeness (QED) is 0.832. The first kappa shape index (κ1) is 16.2. The molecule has 6 nitrogen and oxygen atoms in total. The largest absolute Gasteiger partial charge is 0.483 e. The highest BCUT2D eigenvalue weighted by Gasteiger charge is 2.24. The highest BCUT2D eigenvalue weighted by molar-refractivity contribution is 7.15. The van der Waals surface area contributed by atoms with E-state index in [1.165, 1.54) is 4.88 Å². The van der Waals surface area contributed by atoms with Crippen molar-refractivity contribution in [1.29, 1.82) is 0 Å². The Kier molecular flexibility index (Phi) is 5.71. The van der Waals surface area contributed by atoms with Crippen molar-refractivity contribution >= 4 is 23.7 Å². The number of nitrogens with zero attached hydrogens (tertiary/aromatic N) is 2. The predicted molar refractivity (Wildman–Crippen MR) is 84.9 cm³/mol. The fraction of sp³-hybridized carbons (Fsp3) is 0.400. The summed E-state index contributed by atoms with van der Waals surface area (Å²) >= 11 is 1.72. The van der Waals surface area contributed by atoms with Gasteiger partial charge in [0, 0.05) is 23.8 Å². The lowest BCUT2D eigenvalue weighted by Crippen LogP contribution is -2.30. The standard InChI is InChI=1S/C14H17N3OS.CH2O2/c1-10-5-6-12(19-10)13-15-8-9-17(13)11-4-2-3-7-16-14(11)18;2-1-3/h5-6,8-9,11H,2-4,7H2,1H3,(H,16,18);1H,(H,2,3)/t11-;/m1./s1. The molecule has 0 bridgehead atoms. The van der Waals surface area contributed by atoms with E-state index in [4.69, 9.17) is 9.90 Å². The number of carbonyl (C=O) groups is 2. The number of aromatic nitrogens is 2. The van der Waals surface area contributed by atoms with E-state index in [1.807, 2.05) is 10.8 Å². The van der Waals surface area contributed by atoms with Gasteiger partial charge in [0.15, 0.2) is 5.82 Å². The average molecular weight is 321 g/mol. The van der Waals surface area contributed by atoms with Crippen LogP contribution < -0.4 is 5.32 Å². The Bertz CT molecular complexity index is 636. The molecule has 1 saturated heterocycles. The van der Waals surface area contributed by atoms with Gasteiger partial charge in [0.1, 0.15) is 6.04 Å². The van der Waals surface area contributed by atoms with Gasteiger partial charge in [0.2, 0.25) is 5.91 Å². The second-order valence-corrected chi connectivity index (χ2v) is 6.26. The van der Waals surface area contributed by atoms with Crippen molar-refractivity contribution in [2.45, 2.75) is 32.2 Å². The molecule has 2 aromatic heterocycles. The summed E-state index contributed by atoms with van der Waals surface area (Å²) in [6, 6.07) is 4.04. The van der Waals surface area contributed by atoms with Gasteiger partial charge in [-0.3, -0.25) is 9.59 Å². The zero-order valence-electron chi connectivity index (χ0n) is 12.4. The number of aryl methyl sites for hydroxylation is 1. The second kappa shape index (κ2) is 7.74. The van der Waals surface area contributed by atoms with Crippen molar-refractivity contribution < 1.29 is 14.7 Å². The molecular weight excluding hydrogens is 302 g/mol. The molecule has 3 heterocycles. The molecule has 0 unspecified atom stereocenters. The van der Waals surface area contributed by atoms with E-state index < -0.39 is 0 Å². The van der Waals surface area contributed by atoms with Gasteiger partial charge in [-0.25, -0.2) is 4.98 Å².